The van der Waals surface area contributed by atoms with E-state index in [1.807, 2.05) is 6.07 Å². The summed E-state index contributed by atoms with van der Waals surface area (Å²) in [6.45, 7) is 0. The Morgan fingerprint density at radius 2 is 2.06 bits per heavy atom. The fourth-order valence-electron chi connectivity index (χ4n) is 2.38. The van der Waals surface area contributed by atoms with Crippen LogP contribution in [-0.2, 0) is 6.42 Å². The van der Waals surface area contributed by atoms with Crippen LogP contribution in [0.3, 0.4) is 0 Å². The smallest absolute Gasteiger partial charge is 0.142 e. The molecule has 88 valence electrons. The van der Waals surface area contributed by atoms with Crippen LogP contribution in [0.15, 0.2) is 18.2 Å². The fraction of sp³-hybridized carbons (Fsp3) is 0.538. The SMILES string of the molecule is Fc1cccc(CC2CCCCC2Br)c1Cl. The summed E-state index contributed by atoms with van der Waals surface area (Å²) >= 11 is 9.69. The van der Waals surface area contributed by atoms with Gasteiger partial charge in [-0.15, -0.1) is 0 Å². The Hall–Kier alpha value is -0.0800. The molecule has 1 aliphatic carbocycles. The standard InChI is InChI=1S/C13H15BrClF/c14-11-6-2-1-4-9(11)8-10-5-3-7-12(16)13(10)15/h3,5,7,9,11H,1-2,4,6,8H2. The molecular formula is C13H15BrClF. The van der Waals surface area contributed by atoms with Crippen molar-refractivity contribution in [3.05, 3.63) is 34.6 Å². The number of benzene rings is 1. The summed E-state index contributed by atoms with van der Waals surface area (Å²) in [7, 11) is 0. The van der Waals surface area contributed by atoms with Crippen LogP contribution in [0.2, 0.25) is 5.02 Å². The van der Waals surface area contributed by atoms with Crippen molar-refractivity contribution >= 4 is 27.5 Å². The van der Waals surface area contributed by atoms with Gasteiger partial charge in [-0.25, -0.2) is 4.39 Å². The van der Waals surface area contributed by atoms with Crippen LogP contribution in [0, 0.1) is 11.7 Å². The van der Waals surface area contributed by atoms with Gasteiger partial charge in [0.2, 0.25) is 0 Å². The summed E-state index contributed by atoms with van der Waals surface area (Å²) in [6.07, 6.45) is 5.88. The van der Waals surface area contributed by atoms with Crippen molar-refractivity contribution in [2.45, 2.75) is 36.9 Å². The lowest BCUT2D eigenvalue weighted by molar-refractivity contribution is 0.373. The van der Waals surface area contributed by atoms with E-state index in [2.05, 4.69) is 15.9 Å². The van der Waals surface area contributed by atoms with Crippen molar-refractivity contribution in [2.75, 3.05) is 0 Å². The Bertz CT molecular complexity index is 367. The molecule has 0 heterocycles. The molecule has 1 aliphatic rings. The third-order valence-electron chi connectivity index (χ3n) is 3.33. The monoisotopic (exact) mass is 304 g/mol. The zero-order chi connectivity index (χ0) is 11.5. The third-order valence-corrected chi connectivity index (χ3v) is 4.96. The number of halogens is 3. The van der Waals surface area contributed by atoms with Crippen LogP contribution in [0.25, 0.3) is 0 Å². The van der Waals surface area contributed by atoms with E-state index in [1.165, 1.54) is 31.7 Å². The van der Waals surface area contributed by atoms with E-state index < -0.39 is 0 Å². The van der Waals surface area contributed by atoms with Gasteiger partial charge >= 0.3 is 0 Å². The quantitative estimate of drug-likeness (QED) is 0.676. The first-order chi connectivity index (χ1) is 7.68. The summed E-state index contributed by atoms with van der Waals surface area (Å²) in [4.78, 5) is 0.556. The van der Waals surface area contributed by atoms with Crippen molar-refractivity contribution in [3.63, 3.8) is 0 Å². The maximum atomic E-state index is 13.3. The molecule has 0 bridgehead atoms. The lowest BCUT2D eigenvalue weighted by Crippen LogP contribution is -2.21. The highest BCUT2D eigenvalue weighted by atomic mass is 79.9. The molecule has 0 N–H and O–H groups in total. The van der Waals surface area contributed by atoms with Crippen LogP contribution in [-0.4, -0.2) is 4.83 Å². The summed E-state index contributed by atoms with van der Waals surface area (Å²) in [6, 6.07) is 5.08. The largest absolute Gasteiger partial charge is 0.205 e. The fourth-order valence-corrected chi connectivity index (χ4v) is 3.36. The zero-order valence-corrected chi connectivity index (χ0v) is 11.4. The first-order valence-electron chi connectivity index (χ1n) is 5.75. The van der Waals surface area contributed by atoms with E-state index in [1.54, 1.807) is 6.07 Å². The second-order valence-corrected chi connectivity index (χ2v) is 6.03. The molecule has 2 unspecified atom stereocenters. The highest BCUT2D eigenvalue weighted by Gasteiger charge is 2.23. The summed E-state index contributed by atoms with van der Waals surface area (Å²) in [5.41, 5.74) is 0.943. The molecule has 2 rings (SSSR count). The van der Waals surface area contributed by atoms with Gasteiger partial charge in [-0.3, -0.25) is 0 Å². The van der Waals surface area contributed by atoms with Crippen molar-refractivity contribution in [1.82, 2.24) is 0 Å². The summed E-state index contributed by atoms with van der Waals surface area (Å²) in [5.74, 6) is 0.286. The van der Waals surface area contributed by atoms with Gasteiger partial charge in [-0.2, -0.15) is 0 Å². The summed E-state index contributed by atoms with van der Waals surface area (Å²) in [5, 5.41) is 0.299. The molecule has 0 nitrogen and oxygen atoms in total. The van der Waals surface area contributed by atoms with Crippen LogP contribution in [0.5, 0.6) is 0 Å². The van der Waals surface area contributed by atoms with Gasteiger partial charge in [0.1, 0.15) is 5.82 Å². The normalized spacial score (nSPS) is 25.7. The lowest BCUT2D eigenvalue weighted by Gasteiger charge is -2.27. The van der Waals surface area contributed by atoms with E-state index in [-0.39, 0.29) is 5.82 Å². The van der Waals surface area contributed by atoms with Crippen LogP contribution < -0.4 is 0 Å². The van der Waals surface area contributed by atoms with E-state index in [0.29, 0.717) is 15.8 Å². The predicted molar refractivity (Wildman–Crippen MR) is 69.8 cm³/mol. The molecule has 1 aromatic rings. The average molecular weight is 306 g/mol. The number of alkyl halides is 1. The van der Waals surface area contributed by atoms with E-state index >= 15 is 0 Å². The lowest BCUT2D eigenvalue weighted by atomic mass is 9.85. The maximum Gasteiger partial charge on any atom is 0.142 e. The van der Waals surface area contributed by atoms with E-state index in [4.69, 9.17) is 11.6 Å². The molecular weight excluding hydrogens is 290 g/mol. The summed E-state index contributed by atoms with van der Waals surface area (Å²) < 4.78 is 13.3. The zero-order valence-electron chi connectivity index (χ0n) is 9.06. The van der Waals surface area contributed by atoms with E-state index in [9.17, 15) is 4.39 Å². The minimum absolute atomic E-state index is 0.299. The van der Waals surface area contributed by atoms with Gasteiger partial charge in [0, 0.05) is 4.83 Å². The van der Waals surface area contributed by atoms with Crippen molar-refractivity contribution in [3.8, 4) is 0 Å². The molecule has 3 heteroatoms. The Morgan fingerprint density at radius 3 is 2.81 bits per heavy atom. The highest BCUT2D eigenvalue weighted by molar-refractivity contribution is 9.09. The van der Waals surface area contributed by atoms with Crippen molar-refractivity contribution in [2.24, 2.45) is 5.92 Å². The van der Waals surface area contributed by atoms with Gasteiger partial charge in [-0.1, -0.05) is 52.5 Å². The van der Waals surface area contributed by atoms with Gasteiger partial charge in [-0.05, 0) is 36.8 Å². The van der Waals surface area contributed by atoms with Crippen molar-refractivity contribution in [1.29, 1.82) is 0 Å². The second-order valence-electron chi connectivity index (χ2n) is 4.48. The molecule has 1 aromatic carbocycles. The van der Waals surface area contributed by atoms with Crippen LogP contribution in [0.1, 0.15) is 31.2 Å². The van der Waals surface area contributed by atoms with E-state index in [0.717, 1.165) is 12.0 Å². The first-order valence-corrected chi connectivity index (χ1v) is 7.05. The number of rotatable bonds is 2. The Kier molecular flexibility index (Phi) is 4.26. The molecule has 1 fully saturated rings. The molecule has 0 aromatic heterocycles. The Balaban J connectivity index is 2.10. The highest BCUT2D eigenvalue weighted by Crippen LogP contribution is 2.34. The predicted octanol–water partition coefficient (Wildman–Crippen LogP) is 4.98. The molecule has 0 spiro atoms. The van der Waals surface area contributed by atoms with Crippen molar-refractivity contribution < 1.29 is 4.39 Å². The average Bonchev–Trinajstić information content (AvgIpc) is 2.28. The molecule has 1 saturated carbocycles. The molecule has 0 aliphatic heterocycles. The minimum atomic E-state index is -0.305. The third kappa shape index (κ3) is 2.78. The topological polar surface area (TPSA) is 0 Å². The first kappa shape index (κ1) is 12.4. The van der Waals surface area contributed by atoms with Gasteiger partial charge in [0.25, 0.3) is 0 Å². The minimum Gasteiger partial charge on any atom is -0.205 e. The van der Waals surface area contributed by atoms with Gasteiger partial charge < -0.3 is 0 Å². The van der Waals surface area contributed by atoms with Crippen LogP contribution in [0.4, 0.5) is 4.39 Å². The molecule has 0 saturated heterocycles. The Morgan fingerprint density at radius 1 is 1.31 bits per heavy atom. The molecule has 2 atom stereocenters. The Labute approximate surface area is 109 Å². The molecule has 0 radical (unpaired) electrons. The number of hydrogen-bond donors (Lipinski definition) is 0. The number of hydrogen-bond acceptors (Lipinski definition) is 0. The van der Waals surface area contributed by atoms with Crippen LogP contribution >= 0.6 is 27.5 Å². The molecule has 16 heavy (non-hydrogen) atoms. The van der Waals surface area contributed by atoms with Gasteiger partial charge in [0.15, 0.2) is 0 Å². The second kappa shape index (κ2) is 5.50. The molecule has 0 amide bonds. The maximum absolute atomic E-state index is 13.3. The van der Waals surface area contributed by atoms with Gasteiger partial charge in [0.05, 0.1) is 5.02 Å².